The maximum absolute atomic E-state index is 10.5. The fourth-order valence-corrected chi connectivity index (χ4v) is 1.83. The van der Waals surface area contributed by atoms with Gasteiger partial charge in [-0.3, -0.25) is 10.1 Å². The Bertz CT molecular complexity index is 415. The molecule has 0 radical (unpaired) electrons. The molecule has 0 saturated heterocycles. The van der Waals surface area contributed by atoms with Gasteiger partial charge in [0.05, 0.1) is 4.92 Å². The maximum Gasteiger partial charge on any atom is 0.269 e. The number of nitrogens with zero attached hydrogens (tertiary/aromatic N) is 1. The normalized spacial score (nSPS) is 14.7. The Morgan fingerprint density at radius 3 is 2.53 bits per heavy atom. The second kappa shape index (κ2) is 6.37. The van der Waals surface area contributed by atoms with E-state index in [1.165, 1.54) is 5.57 Å². The molecule has 92 valence electrons. The number of nitro groups is 1. The second-order valence-electron chi connectivity index (χ2n) is 3.92. The lowest BCUT2D eigenvalue weighted by molar-refractivity contribution is -0.384. The minimum Gasteiger partial charge on any atom is -0.313 e. The van der Waals surface area contributed by atoms with Gasteiger partial charge >= 0.3 is 0 Å². The van der Waals surface area contributed by atoms with E-state index in [0.29, 0.717) is 0 Å². The number of nitro benzene ring substituents is 1. The molecule has 1 aromatic rings. The zero-order valence-corrected chi connectivity index (χ0v) is 10.2. The first kappa shape index (κ1) is 13.7. The van der Waals surface area contributed by atoms with Gasteiger partial charge in [-0.15, -0.1) is 12.4 Å². The number of non-ortho nitro benzene ring substituents is 1. The molecule has 1 N–H and O–H groups in total. The Morgan fingerprint density at radius 2 is 2.00 bits per heavy atom. The molecular formula is C12H15ClN2O2. The van der Waals surface area contributed by atoms with E-state index in [1.807, 2.05) is 12.1 Å². The molecule has 0 amide bonds. The van der Waals surface area contributed by atoms with Crippen LogP contribution in [0.1, 0.15) is 12.0 Å². The first-order valence-corrected chi connectivity index (χ1v) is 5.37. The molecule has 2 rings (SSSR count). The first-order valence-electron chi connectivity index (χ1n) is 5.37. The molecule has 5 heteroatoms. The molecule has 0 atom stereocenters. The molecule has 0 unspecified atom stereocenters. The lowest BCUT2D eigenvalue weighted by Gasteiger charge is -2.13. The number of hydrogen-bond acceptors (Lipinski definition) is 3. The molecule has 4 nitrogen and oxygen atoms in total. The van der Waals surface area contributed by atoms with Gasteiger partial charge in [0, 0.05) is 18.7 Å². The molecule has 0 aromatic heterocycles. The Kier molecular flexibility index (Phi) is 5.12. The third kappa shape index (κ3) is 3.84. The molecule has 1 aromatic carbocycles. The zero-order chi connectivity index (χ0) is 11.4. The highest BCUT2D eigenvalue weighted by Gasteiger charge is 2.06. The van der Waals surface area contributed by atoms with Crippen LogP contribution in [0.25, 0.3) is 0 Å². The van der Waals surface area contributed by atoms with E-state index >= 15 is 0 Å². The summed E-state index contributed by atoms with van der Waals surface area (Å²) < 4.78 is 0. The van der Waals surface area contributed by atoms with Gasteiger partial charge in [0.2, 0.25) is 0 Å². The van der Waals surface area contributed by atoms with Gasteiger partial charge in [0.15, 0.2) is 0 Å². The SMILES string of the molecule is Cl.O=[N+]([O-])c1ccc(CC2=CCNCC2)cc1. The highest BCUT2D eigenvalue weighted by atomic mass is 35.5. The average molecular weight is 255 g/mol. The molecule has 0 fully saturated rings. The minimum absolute atomic E-state index is 0. The molecule has 0 bridgehead atoms. The van der Waals surface area contributed by atoms with Crippen molar-refractivity contribution in [3.8, 4) is 0 Å². The summed E-state index contributed by atoms with van der Waals surface area (Å²) in [5.74, 6) is 0. The van der Waals surface area contributed by atoms with Crippen LogP contribution in [-0.2, 0) is 6.42 Å². The van der Waals surface area contributed by atoms with Crippen molar-refractivity contribution in [2.24, 2.45) is 0 Å². The summed E-state index contributed by atoms with van der Waals surface area (Å²) in [6.45, 7) is 1.96. The summed E-state index contributed by atoms with van der Waals surface area (Å²) in [5, 5.41) is 13.7. The predicted molar refractivity (Wildman–Crippen MR) is 69.6 cm³/mol. The van der Waals surface area contributed by atoms with Crippen LogP contribution in [0.3, 0.4) is 0 Å². The molecular weight excluding hydrogens is 240 g/mol. The third-order valence-corrected chi connectivity index (χ3v) is 2.74. The molecule has 0 aliphatic carbocycles. The van der Waals surface area contributed by atoms with Gasteiger partial charge in [-0.05, 0) is 24.9 Å². The summed E-state index contributed by atoms with van der Waals surface area (Å²) in [4.78, 5) is 10.1. The molecule has 17 heavy (non-hydrogen) atoms. The van der Waals surface area contributed by atoms with Gasteiger partial charge < -0.3 is 5.32 Å². The lowest BCUT2D eigenvalue weighted by Crippen LogP contribution is -2.21. The highest BCUT2D eigenvalue weighted by molar-refractivity contribution is 5.85. The summed E-state index contributed by atoms with van der Waals surface area (Å²) in [6, 6.07) is 6.80. The van der Waals surface area contributed by atoms with Gasteiger partial charge in [-0.2, -0.15) is 0 Å². The lowest BCUT2D eigenvalue weighted by atomic mass is 10.0. The van der Waals surface area contributed by atoms with E-state index in [-0.39, 0.29) is 23.0 Å². The van der Waals surface area contributed by atoms with Crippen LogP contribution in [0.4, 0.5) is 5.69 Å². The van der Waals surface area contributed by atoms with Gasteiger partial charge in [-0.25, -0.2) is 0 Å². The number of benzene rings is 1. The van der Waals surface area contributed by atoms with Crippen LogP contribution < -0.4 is 5.32 Å². The number of nitrogens with one attached hydrogen (secondary N) is 1. The smallest absolute Gasteiger partial charge is 0.269 e. The van der Waals surface area contributed by atoms with E-state index in [4.69, 9.17) is 0 Å². The molecule has 0 spiro atoms. The Balaban J connectivity index is 0.00000144. The van der Waals surface area contributed by atoms with E-state index in [2.05, 4.69) is 11.4 Å². The van der Waals surface area contributed by atoms with Crippen LogP contribution in [-0.4, -0.2) is 18.0 Å². The molecule has 1 aliphatic heterocycles. The Hall–Kier alpha value is -1.39. The van der Waals surface area contributed by atoms with Crippen LogP contribution >= 0.6 is 12.4 Å². The fourth-order valence-electron chi connectivity index (χ4n) is 1.83. The van der Waals surface area contributed by atoms with E-state index < -0.39 is 0 Å². The molecule has 1 aliphatic rings. The van der Waals surface area contributed by atoms with Crippen LogP contribution in [0.15, 0.2) is 35.9 Å². The van der Waals surface area contributed by atoms with Gasteiger partial charge in [-0.1, -0.05) is 23.8 Å². The van der Waals surface area contributed by atoms with Crippen molar-refractivity contribution >= 4 is 18.1 Å². The summed E-state index contributed by atoms with van der Waals surface area (Å²) in [6.07, 6.45) is 4.17. The summed E-state index contributed by atoms with van der Waals surface area (Å²) in [5.41, 5.74) is 2.70. The standard InChI is InChI=1S/C12H14N2O2.ClH/c15-14(16)12-3-1-10(2-4-12)9-11-5-7-13-8-6-11;/h1-5,13H,6-9H2;1H. The predicted octanol–water partition coefficient (Wildman–Crippen LogP) is 2.48. The maximum atomic E-state index is 10.5. The highest BCUT2D eigenvalue weighted by Crippen LogP contribution is 2.16. The van der Waals surface area contributed by atoms with Crippen molar-refractivity contribution in [2.45, 2.75) is 12.8 Å². The van der Waals surface area contributed by atoms with Crippen LogP contribution in [0, 0.1) is 10.1 Å². The Labute approximate surface area is 106 Å². The average Bonchev–Trinajstić information content (AvgIpc) is 2.31. The number of hydrogen-bond donors (Lipinski definition) is 1. The molecule has 0 saturated carbocycles. The Morgan fingerprint density at radius 1 is 1.29 bits per heavy atom. The number of rotatable bonds is 3. The largest absolute Gasteiger partial charge is 0.313 e. The number of halogens is 1. The zero-order valence-electron chi connectivity index (χ0n) is 9.39. The van der Waals surface area contributed by atoms with E-state index in [9.17, 15) is 10.1 Å². The topological polar surface area (TPSA) is 55.2 Å². The van der Waals surface area contributed by atoms with Gasteiger partial charge in [0.1, 0.15) is 0 Å². The molecule has 1 heterocycles. The van der Waals surface area contributed by atoms with E-state index in [0.717, 1.165) is 31.5 Å². The summed E-state index contributed by atoms with van der Waals surface area (Å²) in [7, 11) is 0. The third-order valence-electron chi connectivity index (χ3n) is 2.74. The van der Waals surface area contributed by atoms with Crippen LogP contribution in [0.5, 0.6) is 0 Å². The second-order valence-corrected chi connectivity index (χ2v) is 3.92. The van der Waals surface area contributed by atoms with Crippen molar-refractivity contribution in [2.75, 3.05) is 13.1 Å². The van der Waals surface area contributed by atoms with Crippen LogP contribution in [0.2, 0.25) is 0 Å². The monoisotopic (exact) mass is 254 g/mol. The van der Waals surface area contributed by atoms with Crippen molar-refractivity contribution in [3.05, 3.63) is 51.6 Å². The quantitative estimate of drug-likeness (QED) is 0.512. The van der Waals surface area contributed by atoms with Crippen molar-refractivity contribution < 1.29 is 4.92 Å². The van der Waals surface area contributed by atoms with Gasteiger partial charge in [0.25, 0.3) is 5.69 Å². The summed E-state index contributed by atoms with van der Waals surface area (Å²) >= 11 is 0. The minimum atomic E-state index is -0.367. The van der Waals surface area contributed by atoms with E-state index in [1.54, 1.807) is 12.1 Å². The van der Waals surface area contributed by atoms with Crippen molar-refractivity contribution in [1.29, 1.82) is 0 Å². The first-order chi connectivity index (χ1) is 7.75. The fraction of sp³-hybridized carbons (Fsp3) is 0.333. The van der Waals surface area contributed by atoms with Crippen molar-refractivity contribution in [1.82, 2.24) is 5.32 Å². The van der Waals surface area contributed by atoms with Crippen molar-refractivity contribution in [3.63, 3.8) is 0 Å².